The van der Waals surface area contributed by atoms with E-state index in [-0.39, 0.29) is 0 Å². The van der Waals surface area contributed by atoms with Gasteiger partial charge in [-0.2, -0.15) is 25.3 Å². The Morgan fingerprint density at radius 1 is 0.317 bits per heavy atom. The summed E-state index contributed by atoms with van der Waals surface area (Å²) in [5.74, 6) is 2.05. The molecular weight excluding hydrogens is 773 g/mol. The Balaban J connectivity index is 0.896. The Hall–Kier alpha value is -4.40. The second-order valence-electron chi connectivity index (χ2n) is 16.4. The van der Waals surface area contributed by atoms with Crippen LogP contribution in [0, 0.1) is 0 Å². The van der Waals surface area contributed by atoms with Crippen LogP contribution in [0.15, 0.2) is 135 Å². The maximum Gasteiger partial charge on any atom is 0.175 e. The van der Waals surface area contributed by atoms with Crippen molar-refractivity contribution in [1.82, 2.24) is 9.97 Å². The number of thiol groups is 2. The molecule has 0 spiro atoms. The number of aryl methyl sites for hydroxylation is 2. The minimum atomic E-state index is 0.766. The van der Waals surface area contributed by atoms with Crippen LogP contribution in [-0.2, 0) is 26.2 Å². The third kappa shape index (κ3) is 15.6. The maximum absolute atomic E-state index is 4.77. The first-order valence-corrected chi connectivity index (χ1v) is 24.0. The molecular formula is C52H68N6S2+4. The minimum Gasteiger partial charge on any atom is -0.254 e. The van der Waals surface area contributed by atoms with Crippen LogP contribution in [0.5, 0.6) is 0 Å². The topological polar surface area (TPSA) is 41.3 Å². The van der Waals surface area contributed by atoms with Crippen molar-refractivity contribution in [2.45, 2.75) is 129 Å². The third-order valence-electron chi connectivity index (χ3n) is 11.5. The molecule has 0 amide bonds. The van der Waals surface area contributed by atoms with Crippen molar-refractivity contribution >= 4 is 25.3 Å². The van der Waals surface area contributed by atoms with E-state index < -0.39 is 0 Å². The largest absolute Gasteiger partial charge is 0.254 e. The van der Waals surface area contributed by atoms with Crippen molar-refractivity contribution < 1.29 is 18.3 Å². The third-order valence-corrected chi connectivity index (χ3v) is 12.2. The van der Waals surface area contributed by atoms with E-state index >= 15 is 0 Å². The Kier molecular flexibility index (Phi) is 19.6. The van der Waals surface area contributed by atoms with Crippen molar-refractivity contribution in [2.75, 3.05) is 11.5 Å². The lowest BCUT2D eigenvalue weighted by atomic mass is 10.1. The van der Waals surface area contributed by atoms with Crippen LogP contribution in [0.2, 0.25) is 0 Å². The van der Waals surface area contributed by atoms with E-state index in [9.17, 15) is 0 Å². The van der Waals surface area contributed by atoms with E-state index in [1.807, 2.05) is 12.4 Å². The molecule has 8 heteroatoms. The van der Waals surface area contributed by atoms with Crippen LogP contribution in [0.4, 0.5) is 0 Å². The summed E-state index contributed by atoms with van der Waals surface area (Å²) in [6.45, 7) is 3.71. The van der Waals surface area contributed by atoms with Gasteiger partial charge in [0.1, 0.15) is 13.1 Å². The van der Waals surface area contributed by atoms with E-state index in [1.54, 1.807) is 0 Å². The average molecular weight is 841 g/mol. The fourth-order valence-corrected chi connectivity index (χ4v) is 8.25. The van der Waals surface area contributed by atoms with Crippen LogP contribution in [-0.4, -0.2) is 21.5 Å². The van der Waals surface area contributed by atoms with Crippen LogP contribution in [0.3, 0.4) is 0 Å². The van der Waals surface area contributed by atoms with Gasteiger partial charge in [-0.25, -0.2) is 18.3 Å². The molecule has 314 valence electrons. The standard InChI is InChI=1S/C52H66N6S2/c59-39-15-11-7-3-1-5-9-13-29-55-31-21-47(22-32-55)49-25-35-57(36-26-49)43-45-17-19-51(53-41-45)52-20-18-46(42-54-52)44-58-37-27-50(28-38-58)48-23-33-56(34-24-48)30-14-10-6-2-4-8-12-16-40-60/h17-28,31-38,41-42H,1-16,29-30,39-40,43-44H2/q+2/p+2. The molecule has 0 fully saturated rings. The number of hydrogen-bond donors (Lipinski definition) is 2. The van der Waals surface area contributed by atoms with Gasteiger partial charge in [-0.1, -0.05) is 64.2 Å². The lowest BCUT2D eigenvalue weighted by molar-refractivity contribution is -0.697. The van der Waals surface area contributed by atoms with Crippen molar-refractivity contribution in [2.24, 2.45) is 0 Å². The van der Waals surface area contributed by atoms with Gasteiger partial charge in [-0.15, -0.1) is 0 Å². The lowest BCUT2D eigenvalue weighted by Crippen LogP contribution is -2.33. The molecule has 6 nitrogen and oxygen atoms in total. The zero-order chi connectivity index (χ0) is 41.5. The molecule has 0 aromatic carbocycles. The minimum absolute atomic E-state index is 0.766. The lowest BCUT2D eigenvalue weighted by Gasteiger charge is -2.04. The highest BCUT2D eigenvalue weighted by Gasteiger charge is 2.11. The summed E-state index contributed by atoms with van der Waals surface area (Å²) in [7, 11) is 0. The highest BCUT2D eigenvalue weighted by molar-refractivity contribution is 7.80. The summed E-state index contributed by atoms with van der Waals surface area (Å²) in [5, 5.41) is 0. The molecule has 0 aliphatic carbocycles. The SMILES string of the molecule is SCCCCCCCCCC[n+]1ccc(-c2cc[n+](Cc3ccc(-c4ccc(C[n+]5ccc(-c6cc[n+](CCCCCCCCCCS)cc6)cc5)cn4)nc3)cc2)cc1. The van der Waals surface area contributed by atoms with E-state index in [1.165, 1.54) is 125 Å². The molecule has 6 aromatic heterocycles. The van der Waals surface area contributed by atoms with Crippen LogP contribution < -0.4 is 18.3 Å². The number of unbranched alkanes of at least 4 members (excludes halogenated alkanes) is 14. The summed E-state index contributed by atoms with van der Waals surface area (Å²) in [4.78, 5) is 9.54. The van der Waals surface area contributed by atoms with Gasteiger partial charge in [0.05, 0.1) is 11.4 Å². The fraction of sp³-hybridized carbons (Fsp3) is 0.423. The van der Waals surface area contributed by atoms with E-state index in [2.05, 4.69) is 166 Å². The summed E-state index contributed by atoms with van der Waals surface area (Å²) in [6, 6.07) is 26.2. The van der Waals surface area contributed by atoms with Gasteiger partial charge >= 0.3 is 0 Å². The Labute approximate surface area is 371 Å². The van der Waals surface area contributed by atoms with Gasteiger partial charge in [0.25, 0.3) is 0 Å². The van der Waals surface area contributed by atoms with Gasteiger partial charge in [-0.3, -0.25) is 9.97 Å². The Morgan fingerprint density at radius 2 is 0.600 bits per heavy atom. The van der Waals surface area contributed by atoms with Gasteiger partial charge in [0.2, 0.25) is 0 Å². The van der Waals surface area contributed by atoms with Crippen LogP contribution >= 0.6 is 25.3 Å². The molecule has 6 rings (SSSR count). The zero-order valence-electron chi connectivity index (χ0n) is 35.8. The number of hydrogen-bond acceptors (Lipinski definition) is 4. The maximum atomic E-state index is 4.77. The van der Waals surface area contributed by atoms with Gasteiger partial charge in [0, 0.05) is 84.9 Å². The molecule has 6 aromatic rings. The summed E-state index contributed by atoms with van der Waals surface area (Å²) in [6.07, 6.45) is 42.6. The normalized spacial score (nSPS) is 11.3. The van der Waals surface area contributed by atoms with Crippen molar-refractivity contribution in [3.8, 4) is 33.6 Å². The molecule has 0 saturated carbocycles. The smallest absolute Gasteiger partial charge is 0.175 e. The zero-order valence-corrected chi connectivity index (χ0v) is 37.6. The average Bonchev–Trinajstić information content (AvgIpc) is 3.29. The molecule has 6 heterocycles. The number of nitrogens with zero attached hydrogens (tertiary/aromatic N) is 6. The van der Waals surface area contributed by atoms with Crippen molar-refractivity contribution in [1.29, 1.82) is 0 Å². The van der Waals surface area contributed by atoms with Crippen molar-refractivity contribution in [3.05, 3.63) is 146 Å². The van der Waals surface area contributed by atoms with E-state index in [0.29, 0.717) is 0 Å². The Morgan fingerprint density at radius 3 is 0.883 bits per heavy atom. The second kappa shape index (κ2) is 26.0. The van der Waals surface area contributed by atoms with Crippen molar-refractivity contribution in [3.63, 3.8) is 0 Å². The molecule has 0 N–H and O–H groups in total. The van der Waals surface area contributed by atoms with E-state index in [0.717, 1.165) is 60.2 Å². The first kappa shape index (κ1) is 45.1. The molecule has 0 unspecified atom stereocenters. The highest BCUT2D eigenvalue weighted by Crippen LogP contribution is 2.19. The molecule has 0 radical (unpaired) electrons. The first-order valence-electron chi connectivity index (χ1n) is 22.8. The summed E-state index contributed by atoms with van der Waals surface area (Å²) < 4.78 is 9.03. The molecule has 0 bridgehead atoms. The number of pyridine rings is 6. The second-order valence-corrected chi connectivity index (χ2v) is 17.3. The van der Waals surface area contributed by atoms with Crippen LogP contribution in [0.25, 0.3) is 33.6 Å². The fourth-order valence-electron chi connectivity index (χ4n) is 7.80. The molecule has 0 aliphatic rings. The molecule has 60 heavy (non-hydrogen) atoms. The quantitative estimate of drug-likeness (QED) is 0.0308. The molecule has 0 aliphatic heterocycles. The first-order chi connectivity index (χ1) is 29.7. The molecule has 0 atom stereocenters. The predicted molar refractivity (Wildman–Crippen MR) is 252 cm³/mol. The molecule has 0 saturated heterocycles. The van der Waals surface area contributed by atoms with E-state index in [4.69, 9.17) is 9.97 Å². The van der Waals surface area contributed by atoms with Gasteiger partial charge in [0.15, 0.2) is 62.7 Å². The number of aromatic nitrogens is 6. The van der Waals surface area contributed by atoms with Gasteiger partial charge in [-0.05, 0) is 83.7 Å². The van der Waals surface area contributed by atoms with Crippen LogP contribution in [0.1, 0.15) is 114 Å². The highest BCUT2D eigenvalue weighted by atomic mass is 32.1. The van der Waals surface area contributed by atoms with Gasteiger partial charge < -0.3 is 0 Å². The summed E-state index contributed by atoms with van der Waals surface area (Å²) >= 11 is 8.61. The monoisotopic (exact) mass is 840 g/mol. The Bertz CT molecular complexity index is 1900. The predicted octanol–water partition coefficient (Wildman–Crippen LogP) is 10.8. The summed E-state index contributed by atoms with van der Waals surface area (Å²) in [5.41, 5.74) is 9.03. The number of rotatable bonds is 27.